The van der Waals surface area contributed by atoms with E-state index >= 15 is 0 Å². The number of hydrogen-bond donors (Lipinski definition) is 1. The number of rotatable bonds is 4. The van der Waals surface area contributed by atoms with Crippen molar-refractivity contribution in [3.8, 4) is 0 Å². The Hall–Kier alpha value is -1.84. The third kappa shape index (κ3) is 3.59. The number of nitrogens with zero attached hydrogens (tertiary/aromatic N) is 1. The normalized spacial score (nSPS) is 18.4. The number of hydrogen-bond acceptors (Lipinski definition) is 2. The SMILES string of the molecule is CC(=O)NCCCN1Cc2ccccc2C(C)CC1=O. The maximum atomic E-state index is 12.3. The van der Waals surface area contributed by atoms with E-state index in [1.807, 2.05) is 17.0 Å². The summed E-state index contributed by atoms with van der Waals surface area (Å²) < 4.78 is 0. The second-order valence-electron chi connectivity index (χ2n) is 5.46. The Labute approximate surface area is 120 Å². The van der Waals surface area contributed by atoms with E-state index < -0.39 is 0 Å². The molecule has 0 saturated carbocycles. The zero-order chi connectivity index (χ0) is 14.5. The molecule has 4 nitrogen and oxygen atoms in total. The molecule has 108 valence electrons. The highest BCUT2D eigenvalue weighted by Crippen LogP contribution is 2.28. The third-order valence-corrected chi connectivity index (χ3v) is 3.76. The predicted octanol–water partition coefficient (Wildman–Crippen LogP) is 2.05. The molecule has 1 aliphatic rings. The maximum absolute atomic E-state index is 12.3. The smallest absolute Gasteiger partial charge is 0.223 e. The van der Waals surface area contributed by atoms with Crippen molar-refractivity contribution in [2.45, 2.75) is 39.2 Å². The fraction of sp³-hybridized carbons (Fsp3) is 0.500. The first kappa shape index (κ1) is 14.6. The van der Waals surface area contributed by atoms with Crippen LogP contribution in [0.2, 0.25) is 0 Å². The van der Waals surface area contributed by atoms with Gasteiger partial charge in [0.25, 0.3) is 0 Å². The molecule has 4 heteroatoms. The molecule has 1 aliphatic heterocycles. The molecule has 2 rings (SSSR count). The first-order chi connectivity index (χ1) is 9.58. The molecule has 0 fully saturated rings. The van der Waals surface area contributed by atoms with Gasteiger partial charge in [-0.25, -0.2) is 0 Å². The Balaban J connectivity index is 2.00. The molecule has 1 atom stereocenters. The number of carbonyl (C=O) groups excluding carboxylic acids is 2. The summed E-state index contributed by atoms with van der Waals surface area (Å²) in [7, 11) is 0. The minimum Gasteiger partial charge on any atom is -0.356 e. The summed E-state index contributed by atoms with van der Waals surface area (Å²) >= 11 is 0. The number of benzene rings is 1. The van der Waals surface area contributed by atoms with Gasteiger partial charge in [0.15, 0.2) is 0 Å². The Bertz CT molecular complexity index is 499. The minimum absolute atomic E-state index is 0.0221. The molecule has 1 unspecified atom stereocenters. The van der Waals surface area contributed by atoms with Crippen LogP contribution in [0.4, 0.5) is 0 Å². The van der Waals surface area contributed by atoms with Crippen LogP contribution < -0.4 is 5.32 Å². The molecule has 1 heterocycles. The largest absolute Gasteiger partial charge is 0.356 e. The molecule has 0 spiro atoms. The van der Waals surface area contributed by atoms with Crippen LogP contribution in [0.1, 0.15) is 43.7 Å². The fourth-order valence-corrected chi connectivity index (χ4v) is 2.69. The highest BCUT2D eigenvalue weighted by atomic mass is 16.2. The lowest BCUT2D eigenvalue weighted by Crippen LogP contribution is -2.32. The standard InChI is InChI=1S/C16H22N2O2/c1-12-10-16(20)18(9-5-8-17-13(2)19)11-14-6-3-4-7-15(12)14/h3-4,6-7,12H,5,8-11H2,1-2H3,(H,17,19). The van der Waals surface area contributed by atoms with Gasteiger partial charge in [0, 0.05) is 33.0 Å². The van der Waals surface area contributed by atoms with Crippen LogP contribution in [0.5, 0.6) is 0 Å². The van der Waals surface area contributed by atoms with E-state index in [4.69, 9.17) is 0 Å². The molecular formula is C16H22N2O2. The van der Waals surface area contributed by atoms with E-state index in [9.17, 15) is 9.59 Å². The summed E-state index contributed by atoms with van der Waals surface area (Å²) in [4.78, 5) is 25.0. The minimum atomic E-state index is -0.0221. The molecule has 0 aromatic heterocycles. The molecule has 0 saturated heterocycles. The van der Waals surface area contributed by atoms with Crippen molar-refractivity contribution in [1.82, 2.24) is 10.2 Å². The Morgan fingerprint density at radius 2 is 2.15 bits per heavy atom. The quantitative estimate of drug-likeness (QED) is 0.854. The summed E-state index contributed by atoms with van der Waals surface area (Å²) in [6.45, 7) is 5.61. The second kappa shape index (κ2) is 6.55. The fourth-order valence-electron chi connectivity index (χ4n) is 2.69. The monoisotopic (exact) mass is 274 g/mol. The molecule has 1 aromatic carbocycles. The van der Waals surface area contributed by atoms with Gasteiger partial charge in [-0.2, -0.15) is 0 Å². The topological polar surface area (TPSA) is 49.4 Å². The molecule has 2 amide bonds. The third-order valence-electron chi connectivity index (χ3n) is 3.76. The van der Waals surface area contributed by atoms with Gasteiger partial charge in [0.2, 0.25) is 11.8 Å². The van der Waals surface area contributed by atoms with Crippen molar-refractivity contribution in [3.05, 3.63) is 35.4 Å². The van der Waals surface area contributed by atoms with Crippen LogP contribution in [0.3, 0.4) is 0 Å². The summed E-state index contributed by atoms with van der Waals surface area (Å²) in [5, 5.41) is 2.77. The summed E-state index contributed by atoms with van der Waals surface area (Å²) in [6.07, 6.45) is 1.36. The predicted molar refractivity (Wildman–Crippen MR) is 78.2 cm³/mol. The van der Waals surface area contributed by atoms with Crippen molar-refractivity contribution in [2.24, 2.45) is 0 Å². The number of amides is 2. The Morgan fingerprint density at radius 1 is 1.40 bits per heavy atom. The van der Waals surface area contributed by atoms with E-state index in [2.05, 4.69) is 24.4 Å². The van der Waals surface area contributed by atoms with Gasteiger partial charge in [-0.1, -0.05) is 31.2 Å². The summed E-state index contributed by atoms with van der Waals surface area (Å²) in [5.41, 5.74) is 2.52. The van der Waals surface area contributed by atoms with Crippen LogP contribution in [0, 0.1) is 0 Å². The number of fused-ring (bicyclic) bond motifs is 1. The lowest BCUT2D eigenvalue weighted by Gasteiger charge is -2.21. The van der Waals surface area contributed by atoms with Crippen LogP contribution in [0.15, 0.2) is 24.3 Å². The molecule has 0 radical (unpaired) electrons. The van der Waals surface area contributed by atoms with Gasteiger partial charge < -0.3 is 10.2 Å². The van der Waals surface area contributed by atoms with Gasteiger partial charge in [-0.15, -0.1) is 0 Å². The van der Waals surface area contributed by atoms with Crippen molar-refractivity contribution >= 4 is 11.8 Å². The Morgan fingerprint density at radius 3 is 2.90 bits per heavy atom. The van der Waals surface area contributed by atoms with Gasteiger partial charge >= 0.3 is 0 Å². The number of carbonyl (C=O) groups is 2. The summed E-state index contributed by atoms with van der Waals surface area (Å²) in [5.74, 6) is 0.460. The summed E-state index contributed by atoms with van der Waals surface area (Å²) in [6, 6.07) is 8.28. The van der Waals surface area contributed by atoms with E-state index in [0.717, 1.165) is 6.42 Å². The van der Waals surface area contributed by atoms with Crippen LogP contribution in [-0.2, 0) is 16.1 Å². The lowest BCUT2D eigenvalue weighted by molar-refractivity contribution is -0.131. The van der Waals surface area contributed by atoms with E-state index in [-0.39, 0.29) is 17.7 Å². The average molecular weight is 274 g/mol. The second-order valence-corrected chi connectivity index (χ2v) is 5.46. The zero-order valence-electron chi connectivity index (χ0n) is 12.2. The highest BCUT2D eigenvalue weighted by Gasteiger charge is 2.24. The maximum Gasteiger partial charge on any atom is 0.223 e. The van der Waals surface area contributed by atoms with Crippen molar-refractivity contribution in [1.29, 1.82) is 0 Å². The van der Waals surface area contributed by atoms with Crippen LogP contribution >= 0.6 is 0 Å². The van der Waals surface area contributed by atoms with Gasteiger partial charge in [-0.05, 0) is 23.5 Å². The van der Waals surface area contributed by atoms with Crippen molar-refractivity contribution < 1.29 is 9.59 Å². The molecule has 0 aliphatic carbocycles. The van der Waals surface area contributed by atoms with E-state index in [1.54, 1.807) is 0 Å². The zero-order valence-corrected chi connectivity index (χ0v) is 12.2. The van der Waals surface area contributed by atoms with Gasteiger partial charge in [0.1, 0.15) is 0 Å². The average Bonchev–Trinajstić information content (AvgIpc) is 2.53. The van der Waals surface area contributed by atoms with Crippen LogP contribution in [0.25, 0.3) is 0 Å². The van der Waals surface area contributed by atoms with Gasteiger partial charge in [-0.3, -0.25) is 9.59 Å². The molecule has 1 aromatic rings. The van der Waals surface area contributed by atoms with Crippen molar-refractivity contribution in [2.75, 3.05) is 13.1 Å². The molecule has 1 N–H and O–H groups in total. The molecule has 0 bridgehead atoms. The molecule has 20 heavy (non-hydrogen) atoms. The van der Waals surface area contributed by atoms with Gasteiger partial charge in [0.05, 0.1) is 0 Å². The van der Waals surface area contributed by atoms with Crippen molar-refractivity contribution in [3.63, 3.8) is 0 Å². The first-order valence-corrected chi connectivity index (χ1v) is 7.18. The van der Waals surface area contributed by atoms with Crippen LogP contribution in [-0.4, -0.2) is 29.8 Å². The number of nitrogens with one attached hydrogen (secondary N) is 1. The van der Waals surface area contributed by atoms with E-state index in [0.29, 0.717) is 26.1 Å². The molecular weight excluding hydrogens is 252 g/mol. The Kier molecular flexibility index (Phi) is 4.77. The lowest BCUT2D eigenvalue weighted by atomic mass is 9.94. The first-order valence-electron chi connectivity index (χ1n) is 7.18. The highest BCUT2D eigenvalue weighted by molar-refractivity contribution is 5.78. The van der Waals surface area contributed by atoms with E-state index in [1.165, 1.54) is 18.1 Å².